The SMILES string of the molecule is N#C/C(=N\Nc1cccc2c(Cl)[nH]nc12)C(=N)N. The van der Waals surface area contributed by atoms with Gasteiger partial charge in [-0.3, -0.25) is 15.9 Å². The van der Waals surface area contributed by atoms with Crippen molar-refractivity contribution >= 4 is 39.7 Å². The van der Waals surface area contributed by atoms with Crippen LogP contribution in [0.2, 0.25) is 5.15 Å². The van der Waals surface area contributed by atoms with Gasteiger partial charge in [-0.05, 0) is 12.1 Å². The number of aromatic nitrogens is 2. The number of amidine groups is 1. The molecule has 0 aliphatic heterocycles. The molecule has 0 saturated heterocycles. The quantitative estimate of drug-likeness (QED) is 0.379. The van der Waals surface area contributed by atoms with Gasteiger partial charge in [0.2, 0.25) is 5.71 Å². The molecule has 8 heteroatoms. The summed E-state index contributed by atoms with van der Waals surface area (Å²) in [7, 11) is 0. The molecular weight excluding hydrogens is 254 g/mol. The maximum atomic E-state index is 8.71. The highest BCUT2D eigenvalue weighted by Crippen LogP contribution is 2.26. The molecule has 2 aromatic rings. The van der Waals surface area contributed by atoms with E-state index < -0.39 is 5.84 Å². The van der Waals surface area contributed by atoms with E-state index in [9.17, 15) is 0 Å². The fourth-order valence-electron chi connectivity index (χ4n) is 1.36. The van der Waals surface area contributed by atoms with Crippen molar-refractivity contribution in [1.29, 1.82) is 10.7 Å². The van der Waals surface area contributed by atoms with Crippen LogP contribution in [0.1, 0.15) is 0 Å². The molecule has 0 fully saturated rings. The van der Waals surface area contributed by atoms with E-state index in [0.29, 0.717) is 16.4 Å². The lowest BCUT2D eigenvalue weighted by molar-refractivity contribution is 1.12. The predicted molar refractivity (Wildman–Crippen MR) is 69.7 cm³/mol. The summed E-state index contributed by atoms with van der Waals surface area (Å²) in [4.78, 5) is 0. The highest BCUT2D eigenvalue weighted by molar-refractivity contribution is 6.45. The maximum absolute atomic E-state index is 8.71. The number of nitrogens with zero attached hydrogens (tertiary/aromatic N) is 3. The number of halogens is 1. The summed E-state index contributed by atoms with van der Waals surface area (Å²) in [5, 5.41) is 27.4. The summed E-state index contributed by atoms with van der Waals surface area (Å²) in [6.07, 6.45) is 0. The van der Waals surface area contributed by atoms with E-state index in [1.54, 1.807) is 24.3 Å². The monoisotopic (exact) mass is 261 g/mol. The fraction of sp³-hybridized carbons (Fsp3) is 0. The number of rotatable bonds is 3. The average molecular weight is 262 g/mol. The van der Waals surface area contributed by atoms with Gasteiger partial charge in [-0.2, -0.15) is 15.5 Å². The zero-order chi connectivity index (χ0) is 13.1. The fourth-order valence-corrected chi connectivity index (χ4v) is 1.55. The van der Waals surface area contributed by atoms with Crippen LogP contribution in [0.25, 0.3) is 10.9 Å². The van der Waals surface area contributed by atoms with E-state index in [2.05, 4.69) is 20.7 Å². The summed E-state index contributed by atoms with van der Waals surface area (Å²) < 4.78 is 0. The van der Waals surface area contributed by atoms with Crippen molar-refractivity contribution < 1.29 is 0 Å². The van der Waals surface area contributed by atoms with Crippen molar-refractivity contribution in [3.63, 3.8) is 0 Å². The van der Waals surface area contributed by atoms with E-state index in [1.165, 1.54) is 0 Å². The van der Waals surface area contributed by atoms with Crippen molar-refractivity contribution in [2.75, 3.05) is 5.43 Å². The molecule has 0 amide bonds. The number of aromatic amines is 1. The Hall–Kier alpha value is -2.59. The lowest BCUT2D eigenvalue weighted by atomic mass is 10.2. The van der Waals surface area contributed by atoms with Crippen LogP contribution in [0.5, 0.6) is 0 Å². The normalized spacial score (nSPS) is 11.2. The molecule has 18 heavy (non-hydrogen) atoms. The van der Waals surface area contributed by atoms with Crippen LogP contribution in [-0.2, 0) is 0 Å². The number of hydrogen-bond donors (Lipinski definition) is 4. The van der Waals surface area contributed by atoms with Crippen LogP contribution in [0.15, 0.2) is 23.3 Å². The standard InChI is InChI=1S/C10H8ClN7/c11-9-5-2-1-3-6(8(5)17-18-9)15-16-7(4-12)10(13)14/h1-3,15H,(H3,13,14)(H,17,18)/b16-7+. The molecule has 90 valence electrons. The third-order valence-electron chi connectivity index (χ3n) is 2.19. The third kappa shape index (κ3) is 2.09. The van der Waals surface area contributed by atoms with E-state index >= 15 is 0 Å². The number of benzene rings is 1. The first-order chi connectivity index (χ1) is 8.63. The van der Waals surface area contributed by atoms with Crippen LogP contribution in [0, 0.1) is 16.7 Å². The summed E-state index contributed by atoms with van der Waals surface area (Å²) in [6.45, 7) is 0. The summed E-state index contributed by atoms with van der Waals surface area (Å²) in [5.41, 5.74) is 8.76. The Morgan fingerprint density at radius 1 is 1.61 bits per heavy atom. The summed E-state index contributed by atoms with van der Waals surface area (Å²) in [6, 6.07) is 6.99. The molecule has 0 saturated carbocycles. The van der Waals surface area contributed by atoms with Gasteiger partial charge in [0.15, 0.2) is 5.84 Å². The van der Waals surface area contributed by atoms with Gasteiger partial charge in [-0.15, -0.1) is 0 Å². The molecule has 0 atom stereocenters. The highest BCUT2D eigenvalue weighted by atomic mass is 35.5. The molecule has 0 bridgehead atoms. The Kier molecular flexibility index (Phi) is 3.12. The smallest absolute Gasteiger partial charge is 0.201 e. The lowest BCUT2D eigenvalue weighted by Crippen LogP contribution is -2.21. The van der Waals surface area contributed by atoms with Crippen LogP contribution < -0.4 is 11.2 Å². The predicted octanol–water partition coefficient (Wildman–Crippen LogP) is 1.44. The summed E-state index contributed by atoms with van der Waals surface area (Å²) in [5.74, 6) is -0.405. The lowest BCUT2D eigenvalue weighted by Gasteiger charge is -2.01. The number of hydrogen-bond acceptors (Lipinski definition) is 5. The molecule has 1 aromatic heterocycles. The minimum absolute atomic E-state index is 0.200. The molecule has 5 N–H and O–H groups in total. The second-order valence-corrected chi connectivity index (χ2v) is 3.71. The number of nitrogens with one attached hydrogen (secondary N) is 3. The number of fused-ring (bicyclic) bond motifs is 1. The number of para-hydroxylation sites is 1. The molecule has 0 spiro atoms. The van der Waals surface area contributed by atoms with Crippen LogP contribution in [0.4, 0.5) is 5.69 Å². The van der Waals surface area contributed by atoms with Gasteiger partial charge >= 0.3 is 0 Å². The van der Waals surface area contributed by atoms with Gasteiger partial charge in [0.25, 0.3) is 0 Å². The third-order valence-corrected chi connectivity index (χ3v) is 2.48. The maximum Gasteiger partial charge on any atom is 0.201 e. The van der Waals surface area contributed by atoms with Crippen molar-refractivity contribution in [3.8, 4) is 6.07 Å². The molecule has 0 aliphatic rings. The molecule has 2 rings (SSSR count). The first-order valence-corrected chi connectivity index (χ1v) is 5.22. The van der Waals surface area contributed by atoms with E-state index in [0.717, 1.165) is 5.39 Å². The minimum Gasteiger partial charge on any atom is -0.382 e. The largest absolute Gasteiger partial charge is 0.382 e. The van der Waals surface area contributed by atoms with E-state index in [1.807, 2.05) is 0 Å². The van der Waals surface area contributed by atoms with Crippen LogP contribution in [-0.4, -0.2) is 21.7 Å². The molecule has 1 aromatic carbocycles. The number of nitrogens with two attached hydrogens (primary N) is 1. The minimum atomic E-state index is -0.405. The molecule has 0 unspecified atom stereocenters. The van der Waals surface area contributed by atoms with Gasteiger partial charge in [0.1, 0.15) is 16.7 Å². The van der Waals surface area contributed by atoms with Gasteiger partial charge in [-0.1, -0.05) is 17.7 Å². The van der Waals surface area contributed by atoms with Gasteiger partial charge < -0.3 is 5.73 Å². The zero-order valence-corrected chi connectivity index (χ0v) is 9.78. The molecule has 7 nitrogen and oxygen atoms in total. The van der Waals surface area contributed by atoms with Crippen LogP contribution in [0.3, 0.4) is 0 Å². The first kappa shape index (κ1) is 11.9. The topological polar surface area (TPSA) is 127 Å². The zero-order valence-electron chi connectivity index (χ0n) is 9.03. The number of anilines is 1. The number of H-pyrrole nitrogens is 1. The number of nitriles is 1. The molecule has 0 radical (unpaired) electrons. The van der Waals surface area contributed by atoms with E-state index in [4.69, 9.17) is 28.0 Å². The average Bonchev–Trinajstić information content (AvgIpc) is 2.73. The first-order valence-electron chi connectivity index (χ1n) is 4.84. The summed E-state index contributed by atoms with van der Waals surface area (Å²) >= 11 is 5.90. The Labute approximate surface area is 107 Å². The second kappa shape index (κ2) is 4.73. The van der Waals surface area contributed by atoms with Crippen molar-refractivity contribution in [3.05, 3.63) is 23.4 Å². The van der Waals surface area contributed by atoms with E-state index in [-0.39, 0.29) is 5.71 Å². The van der Waals surface area contributed by atoms with Crippen molar-refractivity contribution in [1.82, 2.24) is 10.2 Å². The Morgan fingerprint density at radius 3 is 3.06 bits per heavy atom. The van der Waals surface area contributed by atoms with Gasteiger partial charge in [0.05, 0.1) is 5.69 Å². The van der Waals surface area contributed by atoms with Gasteiger partial charge in [-0.25, -0.2) is 0 Å². The Balaban J connectivity index is 2.39. The highest BCUT2D eigenvalue weighted by Gasteiger charge is 2.07. The molecular formula is C10H8ClN7. The second-order valence-electron chi connectivity index (χ2n) is 3.34. The number of hydrazone groups is 1. The van der Waals surface area contributed by atoms with Crippen molar-refractivity contribution in [2.24, 2.45) is 10.8 Å². The Morgan fingerprint density at radius 2 is 2.39 bits per heavy atom. The van der Waals surface area contributed by atoms with Crippen molar-refractivity contribution in [2.45, 2.75) is 0 Å². The molecule has 1 heterocycles. The molecule has 0 aliphatic carbocycles. The van der Waals surface area contributed by atoms with Gasteiger partial charge in [0, 0.05) is 5.39 Å². The Bertz CT molecular complexity index is 679. The van der Waals surface area contributed by atoms with Crippen LogP contribution >= 0.6 is 11.6 Å².